The van der Waals surface area contributed by atoms with Crippen LogP contribution in [0, 0.1) is 0 Å². The molecular formula is C19H22N4O3. The van der Waals surface area contributed by atoms with E-state index >= 15 is 0 Å². The molecule has 0 unspecified atom stereocenters. The summed E-state index contributed by atoms with van der Waals surface area (Å²) in [6.07, 6.45) is 3.27. The van der Waals surface area contributed by atoms with Crippen molar-refractivity contribution in [1.29, 1.82) is 0 Å². The zero-order valence-corrected chi connectivity index (χ0v) is 15.2. The SMILES string of the molecule is CCCCN1C(=O)c2ccc(C(=O)Nc3ccnn3C(C)C)cc2C1=O. The van der Waals surface area contributed by atoms with E-state index in [1.807, 2.05) is 20.8 Å². The molecule has 26 heavy (non-hydrogen) atoms. The summed E-state index contributed by atoms with van der Waals surface area (Å²) in [6.45, 7) is 6.33. The number of unbranched alkanes of at least 4 members (excludes halogenated alkanes) is 1. The Morgan fingerprint density at radius 2 is 1.88 bits per heavy atom. The Kier molecular flexibility index (Phi) is 4.88. The highest BCUT2D eigenvalue weighted by atomic mass is 16.2. The van der Waals surface area contributed by atoms with Crippen LogP contribution in [0.1, 0.15) is 70.7 Å². The van der Waals surface area contributed by atoms with Gasteiger partial charge in [0.1, 0.15) is 5.82 Å². The summed E-state index contributed by atoms with van der Waals surface area (Å²) in [5.74, 6) is -0.386. The van der Waals surface area contributed by atoms with E-state index in [4.69, 9.17) is 0 Å². The molecule has 1 aromatic heterocycles. The molecular weight excluding hydrogens is 332 g/mol. The van der Waals surface area contributed by atoms with Crippen molar-refractivity contribution in [2.45, 2.75) is 39.7 Å². The van der Waals surface area contributed by atoms with Crippen molar-refractivity contribution in [2.24, 2.45) is 0 Å². The molecule has 7 heteroatoms. The molecule has 7 nitrogen and oxygen atoms in total. The third-order valence-corrected chi connectivity index (χ3v) is 4.37. The van der Waals surface area contributed by atoms with Crippen LogP contribution in [-0.2, 0) is 0 Å². The number of benzene rings is 1. The Morgan fingerprint density at radius 1 is 1.15 bits per heavy atom. The number of aromatic nitrogens is 2. The third kappa shape index (κ3) is 3.12. The van der Waals surface area contributed by atoms with Gasteiger partial charge < -0.3 is 5.32 Å². The van der Waals surface area contributed by atoms with E-state index in [-0.39, 0.29) is 29.3 Å². The third-order valence-electron chi connectivity index (χ3n) is 4.37. The number of imide groups is 1. The van der Waals surface area contributed by atoms with Crippen LogP contribution in [0.4, 0.5) is 5.82 Å². The first-order valence-electron chi connectivity index (χ1n) is 8.79. The number of nitrogens with zero attached hydrogens (tertiary/aromatic N) is 3. The van der Waals surface area contributed by atoms with E-state index in [1.54, 1.807) is 29.1 Å². The molecule has 0 saturated carbocycles. The van der Waals surface area contributed by atoms with Crippen LogP contribution in [0.3, 0.4) is 0 Å². The van der Waals surface area contributed by atoms with Crippen molar-refractivity contribution < 1.29 is 14.4 Å². The standard InChI is InChI=1S/C19H22N4O3/c1-4-5-10-22-18(25)14-7-6-13(11-15(14)19(22)26)17(24)21-16-8-9-20-23(16)12(2)3/h6-9,11-12H,4-5,10H2,1-3H3,(H,21,24). The molecule has 1 aliphatic heterocycles. The van der Waals surface area contributed by atoms with E-state index in [9.17, 15) is 14.4 Å². The van der Waals surface area contributed by atoms with Crippen molar-refractivity contribution in [1.82, 2.24) is 14.7 Å². The van der Waals surface area contributed by atoms with Crippen molar-refractivity contribution in [3.05, 3.63) is 47.2 Å². The molecule has 1 aliphatic rings. The van der Waals surface area contributed by atoms with Gasteiger partial charge in [-0.2, -0.15) is 5.10 Å². The lowest BCUT2D eigenvalue weighted by atomic mass is 10.1. The van der Waals surface area contributed by atoms with Gasteiger partial charge in [0.2, 0.25) is 0 Å². The lowest BCUT2D eigenvalue weighted by Crippen LogP contribution is -2.30. The van der Waals surface area contributed by atoms with Crippen LogP contribution in [0.15, 0.2) is 30.5 Å². The summed E-state index contributed by atoms with van der Waals surface area (Å²) in [5.41, 5.74) is 0.977. The number of anilines is 1. The number of amides is 3. The van der Waals surface area contributed by atoms with Crippen LogP contribution < -0.4 is 5.32 Å². The topological polar surface area (TPSA) is 84.3 Å². The van der Waals surface area contributed by atoms with Crippen molar-refractivity contribution >= 4 is 23.5 Å². The highest BCUT2D eigenvalue weighted by Gasteiger charge is 2.35. The average molecular weight is 354 g/mol. The number of carbonyl (C=O) groups excluding carboxylic acids is 3. The fourth-order valence-electron chi connectivity index (χ4n) is 2.96. The highest BCUT2D eigenvalue weighted by molar-refractivity contribution is 6.22. The molecule has 0 aliphatic carbocycles. The van der Waals surface area contributed by atoms with E-state index in [0.29, 0.717) is 23.5 Å². The Hall–Kier alpha value is -2.96. The van der Waals surface area contributed by atoms with Gasteiger partial charge in [0, 0.05) is 24.2 Å². The second-order valence-electron chi connectivity index (χ2n) is 6.58. The van der Waals surface area contributed by atoms with Crippen molar-refractivity contribution in [3.8, 4) is 0 Å². The monoisotopic (exact) mass is 354 g/mol. The van der Waals surface area contributed by atoms with Gasteiger partial charge in [-0.3, -0.25) is 19.3 Å². The number of hydrogen-bond donors (Lipinski definition) is 1. The number of hydrogen-bond acceptors (Lipinski definition) is 4. The summed E-state index contributed by atoms with van der Waals surface area (Å²) >= 11 is 0. The van der Waals surface area contributed by atoms with Gasteiger partial charge >= 0.3 is 0 Å². The van der Waals surface area contributed by atoms with Crippen LogP contribution in [0.2, 0.25) is 0 Å². The largest absolute Gasteiger partial charge is 0.307 e. The van der Waals surface area contributed by atoms with E-state index in [2.05, 4.69) is 10.4 Å². The van der Waals surface area contributed by atoms with Gasteiger partial charge in [0.25, 0.3) is 17.7 Å². The number of rotatable bonds is 6. The molecule has 0 spiro atoms. The zero-order valence-electron chi connectivity index (χ0n) is 15.2. The lowest BCUT2D eigenvalue weighted by Gasteiger charge is -2.12. The van der Waals surface area contributed by atoms with Crippen molar-refractivity contribution in [3.63, 3.8) is 0 Å². The summed E-state index contributed by atoms with van der Waals surface area (Å²) in [4.78, 5) is 38.7. The second kappa shape index (κ2) is 7.11. The van der Waals surface area contributed by atoms with E-state index in [1.165, 1.54) is 11.0 Å². The minimum absolute atomic E-state index is 0.103. The first-order chi connectivity index (χ1) is 12.4. The Bertz CT molecular complexity index is 869. The summed E-state index contributed by atoms with van der Waals surface area (Å²) in [6, 6.07) is 6.43. The van der Waals surface area contributed by atoms with Gasteiger partial charge in [-0.15, -0.1) is 0 Å². The molecule has 3 rings (SSSR count). The smallest absolute Gasteiger partial charge is 0.261 e. The first kappa shape index (κ1) is 17.8. The molecule has 0 fully saturated rings. The molecule has 2 aromatic rings. The quantitative estimate of drug-likeness (QED) is 0.808. The predicted octanol–water partition coefficient (Wildman–Crippen LogP) is 3.11. The predicted molar refractivity (Wildman–Crippen MR) is 97.3 cm³/mol. The maximum absolute atomic E-state index is 12.6. The molecule has 0 saturated heterocycles. The molecule has 0 radical (unpaired) electrons. The Labute approximate surface area is 152 Å². The maximum atomic E-state index is 12.6. The van der Waals surface area contributed by atoms with Gasteiger partial charge in [-0.05, 0) is 38.5 Å². The minimum atomic E-state index is -0.345. The zero-order chi connectivity index (χ0) is 18.8. The van der Waals surface area contributed by atoms with E-state index < -0.39 is 0 Å². The fourth-order valence-corrected chi connectivity index (χ4v) is 2.96. The number of nitrogens with one attached hydrogen (secondary N) is 1. The molecule has 2 heterocycles. The molecule has 0 bridgehead atoms. The minimum Gasteiger partial charge on any atom is -0.307 e. The molecule has 0 atom stereocenters. The molecule has 1 aromatic carbocycles. The Morgan fingerprint density at radius 3 is 2.58 bits per heavy atom. The van der Waals surface area contributed by atoms with Crippen LogP contribution in [0.5, 0.6) is 0 Å². The lowest BCUT2D eigenvalue weighted by molar-refractivity contribution is 0.0652. The van der Waals surface area contributed by atoms with Gasteiger partial charge in [-0.1, -0.05) is 13.3 Å². The van der Waals surface area contributed by atoms with Crippen molar-refractivity contribution in [2.75, 3.05) is 11.9 Å². The van der Waals surface area contributed by atoms with Crippen LogP contribution in [0.25, 0.3) is 0 Å². The summed E-state index contributed by atoms with van der Waals surface area (Å²) in [7, 11) is 0. The van der Waals surface area contributed by atoms with Gasteiger partial charge in [0.15, 0.2) is 0 Å². The first-order valence-corrected chi connectivity index (χ1v) is 8.79. The number of fused-ring (bicyclic) bond motifs is 1. The van der Waals surface area contributed by atoms with Crippen LogP contribution >= 0.6 is 0 Å². The highest BCUT2D eigenvalue weighted by Crippen LogP contribution is 2.25. The van der Waals surface area contributed by atoms with Crippen LogP contribution in [-0.4, -0.2) is 38.9 Å². The van der Waals surface area contributed by atoms with E-state index in [0.717, 1.165) is 12.8 Å². The maximum Gasteiger partial charge on any atom is 0.261 e. The Balaban J connectivity index is 1.83. The average Bonchev–Trinajstić information content (AvgIpc) is 3.17. The van der Waals surface area contributed by atoms with Gasteiger partial charge in [-0.25, -0.2) is 4.68 Å². The molecule has 136 valence electrons. The fraction of sp³-hybridized carbons (Fsp3) is 0.368. The second-order valence-corrected chi connectivity index (χ2v) is 6.58. The summed E-state index contributed by atoms with van der Waals surface area (Å²) in [5, 5.41) is 6.98. The molecule has 3 amide bonds. The summed E-state index contributed by atoms with van der Waals surface area (Å²) < 4.78 is 1.70. The molecule has 1 N–H and O–H groups in total. The van der Waals surface area contributed by atoms with Gasteiger partial charge in [0.05, 0.1) is 17.3 Å². The normalized spacial score (nSPS) is 13.5. The number of carbonyl (C=O) groups is 3.